The molecule has 2 aromatic rings. The first-order chi connectivity index (χ1) is 9.97. The Bertz CT molecular complexity index is 698. The van der Waals surface area contributed by atoms with Crippen molar-refractivity contribution < 1.29 is 15.0 Å². The van der Waals surface area contributed by atoms with E-state index in [-0.39, 0.29) is 19.4 Å². The zero-order valence-electron chi connectivity index (χ0n) is 11.3. The van der Waals surface area contributed by atoms with Crippen molar-refractivity contribution >= 4 is 28.6 Å². The van der Waals surface area contributed by atoms with Crippen LogP contribution in [0.4, 0.5) is 11.8 Å². The van der Waals surface area contributed by atoms with E-state index in [9.17, 15) is 9.90 Å². The van der Waals surface area contributed by atoms with Crippen molar-refractivity contribution in [2.45, 2.75) is 18.4 Å². The molecule has 0 bridgehead atoms. The molecule has 0 spiro atoms. The summed E-state index contributed by atoms with van der Waals surface area (Å²) in [6.45, 7) is 0.203. The lowest BCUT2D eigenvalue weighted by molar-refractivity contribution is -0.156. The van der Waals surface area contributed by atoms with Crippen LogP contribution in [0.25, 0.3) is 10.9 Å². The van der Waals surface area contributed by atoms with Crippen LogP contribution in [-0.2, 0) is 4.79 Å². The van der Waals surface area contributed by atoms with Crippen LogP contribution in [0.2, 0.25) is 0 Å². The van der Waals surface area contributed by atoms with E-state index in [0.717, 1.165) is 10.9 Å². The van der Waals surface area contributed by atoms with Crippen LogP contribution >= 0.6 is 0 Å². The minimum atomic E-state index is -1.02. The predicted octanol–water partition coefficient (Wildman–Crippen LogP) is 0.850. The molecule has 0 saturated heterocycles. The van der Waals surface area contributed by atoms with E-state index in [2.05, 4.69) is 15.3 Å². The third-order valence-electron chi connectivity index (χ3n) is 3.81. The van der Waals surface area contributed by atoms with E-state index in [1.165, 1.54) is 0 Å². The van der Waals surface area contributed by atoms with Crippen LogP contribution in [0.5, 0.6) is 0 Å². The number of carboxylic acids is 1. The summed E-state index contributed by atoms with van der Waals surface area (Å²) in [6.07, 6.45) is 0.469. The number of hydrogen-bond donors (Lipinski definition) is 4. The van der Waals surface area contributed by atoms with Crippen LogP contribution < -0.4 is 11.1 Å². The quantitative estimate of drug-likeness (QED) is 0.658. The zero-order valence-corrected chi connectivity index (χ0v) is 11.3. The van der Waals surface area contributed by atoms with Crippen LogP contribution in [0.3, 0.4) is 0 Å². The van der Waals surface area contributed by atoms with Gasteiger partial charge in [-0.1, -0.05) is 12.1 Å². The molecule has 110 valence electrons. The van der Waals surface area contributed by atoms with Crippen LogP contribution in [0, 0.1) is 5.92 Å². The predicted molar refractivity (Wildman–Crippen MR) is 77.7 cm³/mol. The molecular formula is C14H16N4O3. The van der Waals surface area contributed by atoms with Gasteiger partial charge in [0.05, 0.1) is 17.0 Å². The SMILES string of the molecule is Nc1nc(NCC2(O)CC(C(=O)O)C2)nc2ccccc12. The molecule has 1 saturated carbocycles. The van der Waals surface area contributed by atoms with E-state index in [0.29, 0.717) is 11.8 Å². The van der Waals surface area contributed by atoms with Crippen molar-refractivity contribution in [3.63, 3.8) is 0 Å². The molecule has 5 N–H and O–H groups in total. The number of aliphatic hydroxyl groups is 1. The molecule has 7 nitrogen and oxygen atoms in total. The minimum absolute atomic E-state index is 0.203. The summed E-state index contributed by atoms with van der Waals surface area (Å²) < 4.78 is 0. The van der Waals surface area contributed by atoms with Crippen LogP contribution in [-0.4, -0.2) is 38.3 Å². The number of anilines is 2. The monoisotopic (exact) mass is 288 g/mol. The van der Waals surface area contributed by atoms with Gasteiger partial charge in [-0.25, -0.2) is 4.98 Å². The molecule has 3 rings (SSSR count). The molecule has 0 amide bonds. The van der Waals surface area contributed by atoms with Crippen LogP contribution in [0.15, 0.2) is 24.3 Å². The molecule has 0 unspecified atom stereocenters. The van der Waals surface area contributed by atoms with Crippen molar-refractivity contribution in [3.8, 4) is 0 Å². The highest BCUT2D eigenvalue weighted by Crippen LogP contribution is 2.37. The highest BCUT2D eigenvalue weighted by molar-refractivity contribution is 5.88. The van der Waals surface area contributed by atoms with Gasteiger partial charge in [0.15, 0.2) is 0 Å². The second-order valence-corrected chi connectivity index (χ2v) is 5.47. The van der Waals surface area contributed by atoms with Gasteiger partial charge in [0.2, 0.25) is 5.95 Å². The standard InChI is InChI=1S/C14H16N4O3/c15-11-9-3-1-2-4-10(9)17-13(18-11)16-7-14(21)5-8(6-14)12(19)20/h1-4,8,21H,5-7H2,(H,19,20)(H3,15,16,17,18). The van der Waals surface area contributed by atoms with Gasteiger partial charge in [-0.05, 0) is 25.0 Å². The van der Waals surface area contributed by atoms with E-state index in [4.69, 9.17) is 10.8 Å². The van der Waals surface area contributed by atoms with E-state index >= 15 is 0 Å². The molecule has 0 aliphatic heterocycles. The normalized spacial score (nSPS) is 24.5. The van der Waals surface area contributed by atoms with Gasteiger partial charge in [0.25, 0.3) is 0 Å². The molecule has 1 aliphatic carbocycles. The highest BCUT2D eigenvalue weighted by Gasteiger charge is 2.46. The number of nitrogens with one attached hydrogen (secondary N) is 1. The lowest BCUT2D eigenvalue weighted by Crippen LogP contribution is -2.51. The van der Waals surface area contributed by atoms with E-state index < -0.39 is 17.5 Å². The van der Waals surface area contributed by atoms with E-state index in [1.54, 1.807) is 0 Å². The number of hydrogen-bond acceptors (Lipinski definition) is 6. The van der Waals surface area contributed by atoms with Crippen molar-refractivity contribution in [3.05, 3.63) is 24.3 Å². The number of aliphatic carboxylic acids is 1. The first kappa shape index (κ1) is 13.6. The maximum absolute atomic E-state index is 10.8. The molecular weight excluding hydrogens is 272 g/mol. The Morgan fingerprint density at radius 2 is 2.10 bits per heavy atom. The Morgan fingerprint density at radius 1 is 1.38 bits per heavy atom. The number of fused-ring (bicyclic) bond motifs is 1. The van der Waals surface area contributed by atoms with Gasteiger partial charge >= 0.3 is 5.97 Å². The fraction of sp³-hybridized carbons (Fsp3) is 0.357. The summed E-state index contributed by atoms with van der Waals surface area (Å²) in [5, 5.41) is 22.7. The third kappa shape index (κ3) is 2.59. The fourth-order valence-corrected chi connectivity index (χ4v) is 2.60. The zero-order chi connectivity index (χ0) is 15.0. The third-order valence-corrected chi connectivity index (χ3v) is 3.81. The molecule has 1 aromatic carbocycles. The number of nitrogen functional groups attached to an aromatic ring is 1. The number of carbonyl (C=O) groups is 1. The topological polar surface area (TPSA) is 121 Å². The number of rotatable bonds is 4. The maximum atomic E-state index is 10.8. The van der Waals surface area contributed by atoms with Crippen molar-refractivity contribution in [1.82, 2.24) is 9.97 Å². The summed E-state index contributed by atoms with van der Waals surface area (Å²) in [4.78, 5) is 19.2. The molecule has 0 atom stereocenters. The Kier molecular flexibility index (Phi) is 3.13. The first-order valence-electron chi connectivity index (χ1n) is 6.68. The highest BCUT2D eigenvalue weighted by atomic mass is 16.4. The Hall–Kier alpha value is -2.41. The molecule has 7 heteroatoms. The Balaban J connectivity index is 1.70. The summed E-state index contributed by atoms with van der Waals surface area (Å²) in [5.41, 5.74) is 5.57. The van der Waals surface area contributed by atoms with Gasteiger partial charge in [-0.15, -0.1) is 0 Å². The smallest absolute Gasteiger partial charge is 0.306 e. The van der Waals surface area contributed by atoms with Gasteiger partial charge < -0.3 is 21.3 Å². The minimum Gasteiger partial charge on any atom is -0.481 e. The average Bonchev–Trinajstić information content (AvgIpc) is 2.42. The summed E-state index contributed by atoms with van der Waals surface area (Å²) in [7, 11) is 0. The number of nitrogens with zero attached hydrogens (tertiary/aromatic N) is 2. The average molecular weight is 288 g/mol. The molecule has 1 fully saturated rings. The number of aromatic nitrogens is 2. The number of benzene rings is 1. The Morgan fingerprint density at radius 3 is 2.81 bits per heavy atom. The Labute approximate surface area is 120 Å². The summed E-state index contributed by atoms with van der Waals surface area (Å²) in [5.74, 6) is -0.643. The first-order valence-corrected chi connectivity index (χ1v) is 6.68. The molecule has 0 radical (unpaired) electrons. The van der Waals surface area contributed by atoms with Crippen LogP contribution in [0.1, 0.15) is 12.8 Å². The van der Waals surface area contributed by atoms with Crippen molar-refractivity contribution in [1.29, 1.82) is 0 Å². The van der Waals surface area contributed by atoms with Gasteiger partial charge in [-0.2, -0.15) is 4.98 Å². The van der Waals surface area contributed by atoms with Gasteiger partial charge in [0.1, 0.15) is 5.82 Å². The largest absolute Gasteiger partial charge is 0.481 e. The molecule has 1 aromatic heterocycles. The van der Waals surface area contributed by atoms with Gasteiger partial charge in [0, 0.05) is 11.9 Å². The fourth-order valence-electron chi connectivity index (χ4n) is 2.60. The lowest BCUT2D eigenvalue weighted by Gasteiger charge is -2.41. The van der Waals surface area contributed by atoms with E-state index in [1.807, 2.05) is 24.3 Å². The molecule has 1 aliphatic rings. The maximum Gasteiger partial charge on any atom is 0.306 e. The number of para-hydroxylation sites is 1. The second-order valence-electron chi connectivity index (χ2n) is 5.47. The molecule has 1 heterocycles. The number of nitrogens with two attached hydrogens (primary N) is 1. The molecule has 21 heavy (non-hydrogen) atoms. The summed E-state index contributed by atoms with van der Waals surface area (Å²) in [6, 6.07) is 7.39. The number of carboxylic acid groups (broad SMARTS) is 1. The van der Waals surface area contributed by atoms with Crippen molar-refractivity contribution in [2.75, 3.05) is 17.6 Å². The van der Waals surface area contributed by atoms with Gasteiger partial charge in [-0.3, -0.25) is 4.79 Å². The lowest BCUT2D eigenvalue weighted by atomic mass is 9.71. The second kappa shape index (κ2) is 4.85. The van der Waals surface area contributed by atoms with Crippen molar-refractivity contribution in [2.24, 2.45) is 5.92 Å². The summed E-state index contributed by atoms with van der Waals surface area (Å²) >= 11 is 0.